The summed E-state index contributed by atoms with van der Waals surface area (Å²) in [7, 11) is 0. The number of anilines is 1. The van der Waals surface area contributed by atoms with Gasteiger partial charge in [0.2, 0.25) is 5.91 Å². The highest BCUT2D eigenvalue weighted by Gasteiger charge is 2.32. The number of hydrogen-bond donors (Lipinski definition) is 1. The third-order valence-electron chi connectivity index (χ3n) is 2.87. The number of fused-ring (bicyclic) bond motifs is 1. The molecular weight excluding hydrogens is 244 g/mol. The van der Waals surface area contributed by atoms with E-state index in [1.807, 2.05) is 6.07 Å². The average molecular weight is 260 g/mol. The molecule has 0 spiro atoms. The fourth-order valence-electron chi connectivity index (χ4n) is 1.96. The van der Waals surface area contributed by atoms with Crippen molar-refractivity contribution in [3.05, 3.63) is 36.9 Å². The van der Waals surface area contributed by atoms with E-state index in [0.29, 0.717) is 18.0 Å². The molecule has 0 aromatic heterocycles. The van der Waals surface area contributed by atoms with Crippen molar-refractivity contribution in [3.8, 4) is 5.75 Å². The van der Waals surface area contributed by atoms with E-state index in [1.165, 1.54) is 6.92 Å². The predicted octanol–water partition coefficient (Wildman–Crippen LogP) is 1.10. The smallest absolute Gasteiger partial charge is 0.263 e. The summed E-state index contributed by atoms with van der Waals surface area (Å²) in [6.45, 7) is 5.60. The lowest BCUT2D eigenvalue weighted by molar-refractivity contribution is -0.128. The summed E-state index contributed by atoms with van der Waals surface area (Å²) in [4.78, 5) is 25.1. The van der Waals surface area contributed by atoms with E-state index in [4.69, 9.17) is 4.74 Å². The first-order valence-electron chi connectivity index (χ1n) is 6.06. The molecule has 1 atom stereocenters. The van der Waals surface area contributed by atoms with E-state index < -0.39 is 6.10 Å². The van der Waals surface area contributed by atoms with Gasteiger partial charge in [-0.2, -0.15) is 0 Å². The second-order valence-corrected chi connectivity index (χ2v) is 4.24. The largest absolute Gasteiger partial charge is 0.477 e. The van der Waals surface area contributed by atoms with E-state index in [9.17, 15) is 9.59 Å². The van der Waals surface area contributed by atoms with Gasteiger partial charge in [-0.15, -0.1) is 6.58 Å². The number of carbonyl (C=O) groups is 2. The van der Waals surface area contributed by atoms with E-state index in [-0.39, 0.29) is 18.4 Å². The number of rotatable bonds is 3. The average Bonchev–Trinajstić information content (AvgIpc) is 2.43. The SMILES string of the molecule is C=CCNC(=O)[C@@H]1CN(C(C)=O)c2ccccc2O1. The lowest BCUT2D eigenvalue weighted by atomic mass is 10.1. The summed E-state index contributed by atoms with van der Waals surface area (Å²) in [5.41, 5.74) is 0.697. The minimum absolute atomic E-state index is 0.114. The van der Waals surface area contributed by atoms with Crippen LogP contribution in [0.5, 0.6) is 5.75 Å². The molecule has 19 heavy (non-hydrogen) atoms. The Morgan fingerprint density at radius 1 is 1.53 bits per heavy atom. The third kappa shape index (κ3) is 2.76. The molecule has 1 heterocycles. The molecule has 0 aliphatic carbocycles. The summed E-state index contributed by atoms with van der Waals surface area (Å²) in [5.74, 6) is 0.181. The van der Waals surface area contributed by atoms with Crippen molar-refractivity contribution in [2.24, 2.45) is 0 Å². The van der Waals surface area contributed by atoms with Gasteiger partial charge in [-0.05, 0) is 12.1 Å². The zero-order chi connectivity index (χ0) is 13.8. The highest BCUT2D eigenvalue weighted by molar-refractivity contribution is 5.95. The Labute approximate surface area is 111 Å². The van der Waals surface area contributed by atoms with Gasteiger partial charge in [-0.3, -0.25) is 9.59 Å². The number of carbonyl (C=O) groups excluding carboxylic acids is 2. The molecule has 5 heteroatoms. The van der Waals surface area contributed by atoms with Crippen LogP contribution in [0.1, 0.15) is 6.92 Å². The first kappa shape index (κ1) is 13.1. The van der Waals surface area contributed by atoms with Gasteiger partial charge >= 0.3 is 0 Å². The normalized spacial score (nSPS) is 17.1. The molecule has 5 nitrogen and oxygen atoms in total. The molecule has 0 fully saturated rings. The molecular formula is C14H16N2O3. The first-order valence-corrected chi connectivity index (χ1v) is 6.06. The Morgan fingerprint density at radius 2 is 2.26 bits per heavy atom. The van der Waals surface area contributed by atoms with E-state index in [0.717, 1.165) is 0 Å². The molecule has 0 saturated heterocycles. The van der Waals surface area contributed by atoms with Crippen LogP contribution < -0.4 is 15.0 Å². The molecule has 100 valence electrons. The second kappa shape index (κ2) is 5.56. The molecule has 1 N–H and O–H groups in total. The quantitative estimate of drug-likeness (QED) is 0.828. The van der Waals surface area contributed by atoms with Crippen LogP contribution in [-0.4, -0.2) is 31.0 Å². The molecule has 0 radical (unpaired) electrons. The molecule has 1 aliphatic rings. The van der Waals surface area contributed by atoms with Gasteiger partial charge < -0.3 is 15.0 Å². The van der Waals surface area contributed by atoms with Crippen LogP contribution in [0.3, 0.4) is 0 Å². The standard InChI is InChI=1S/C14H16N2O3/c1-3-8-15-14(18)13-9-16(10(2)17)11-6-4-5-7-12(11)19-13/h3-7,13H,1,8-9H2,2H3,(H,15,18)/t13-/m0/s1. The molecule has 0 unspecified atom stereocenters. The number of nitrogens with zero attached hydrogens (tertiary/aromatic N) is 1. The first-order chi connectivity index (χ1) is 9.13. The maximum atomic E-state index is 11.9. The topological polar surface area (TPSA) is 58.6 Å². The fraction of sp³-hybridized carbons (Fsp3) is 0.286. The second-order valence-electron chi connectivity index (χ2n) is 4.24. The number of hydrogen-bond acceptors (Lipinski definition) is 3. The monoisotopic (exact) mass is 260 g/mol. The maximum Gasteiger partial charge on any atom is 0.263 e. The fourth-order valence-corrected chi connectivity index (χ4v) is 1.96. The van der Waals surface area contributed by atoms with Gasteiger partial charge in [0.1, 0.15) is 5.75 Å². The number of ether oxygens (including phenoxy) is 1. The van der Waals surface area contributed by atoms with E-state index in [2.05, 4.69) is 11.9 Å². The number of para-hydroxylation sites is 2. The summed E-state index contributed by atoms with van der Waals surface area (Å²) < 4.78 is 5.63. The molecule has 0 bridgehead atoms. The van der Waals surface area contributed by atoms with Crippen LogP contribution in [0.15, 0.2) is 36.9 Å². The summed E-state index contributed by atoms with van der Waals surface area (Å²) >= 11 is 0. The van der Waals surface area contributed by atoms with Crippen molar-refractivity contribution < 1.29 is 14.3 Å². The van der Waals surface area contributed by atoms with Gasteiger partial charge in [0.05, 0.1) is 12.2 Å². The van der Waals surface area contributed by atoms with E-state index in [1.54, 1.807) is 29.2 Å². The molecule has 2 amide bonds. The molecule has 1 aromatic carbocycles. The van der Waals surface area contributed by atoms with Gasteiger partial charge in [-0.25, -0.2) is 0 Å². The number of amides is 2. The Bertz CT molecular complexity index is 513. The molecule has 1 aromatic rings. The summed E-state index contributed by atoms with van der Waals surface area (Å²) in [5, 5.41) is 2.67. The van der Waals surface area contributed by atoms with Crippen molar-refractivity contribution in [2.45, 2.75) is 13.0 Å². The van der Waals surface area contributed by atoms with Crippen molar-refractivity contribution >= 4 is 17.5 Å². The third-order valence-corrected chi connectivity index (χ3v) is 2.87. The lowest BCUT2D eigenvalue weighted by Crippen LogP contribution is -2.50. The lowest BCUT2D eigenvalue weighted by Gasteiger charge is -2.33. The van der Waals surface area contributed by atoms with E-state index >= 15 is 0 Å². The van der Waals surface area contributed by atoms with Crippen molar-refractivity contribution in [1.82, 2.24) is 5.32 Å². The predicted molar refractivity (Wildman–Crippen MR) is 72.1 cm³/mol. The molecule has 1 aliphatic heterocycles. The highest BCUT2D eigenvalue weighted by atomic mass is 16.5. The van der Waals surface area contributed by atoms with Crippen LogP contribution in [0.4, 0.5) is 5.69 Å². The van der Waals surface area contributed by atoms with Gasteiger partial charge in [0.15, 0.2) is 6.10 Å². The van der Waals surface area contributed by atoms with Crippen LogP contribution in [0.25, 0.3) is 0 Å². The minimum Gasteiger partial charge on any atom is -0.477 e. The number of benzene rings is 1. The Morgan fingerprint density at radius 3 is 2.95 bits per heavy atom. The summed E-state index contributed by atoms with van der Waals surface area (Å²) in [6, 6.07) is 7.18. The van der Waals surface area contributed by atoms with Crippen LogP contribution in [0, 0.1) is 0 Å². The van der Waals surface area contributed by atoms with Crippen LogP contribution in [-0.2, 0) is 9.59 Å². The molecule has 2 rings (SSSR count). The maximum absolute atomic E-state index is 11.9. The van der Waals surface area contributed by atoms with Crippen LogP contribution in [0.2, 0.25) is 0 Å². The highest BCUT2D eigenvalue weighted by Crippen LogP contribution is 2.33. The van der Waals surface area contributed by atoms with Crippen molar-refractivity contribution in [2.75, 3.05) is 18.0 Å². The Balaban J connectivity index is 2.22. The number of nitrogens with one attached hydrogen (secondary N) is 1. The zero-order valence-corrected chi connectivity index (χ0v) is 10.8. The van der Waals surface area contributed by atoms with Gasteiger partial charge in [0.25, 0.3) is 5.91 Å². The van der Waals surface area contributed by atoms with Gasteiger partial charge in [0, 0.05) is 13.5 Å². The zero-order valence-electron chi connectivity index (χ0n) is 10.8. The Hall–Kier alpha value is -2.30. The van der Waals surface area contributed by atoms with Crippen molar-refractivity contribution in [1.29, 1.82) is 0 Å². The summed E-state index contributed by atoms with van der Waals surface area (Å²) in [6.07, 6.45) is 0.899. The minimum atomic E-state index is -0.696. The molecule has 0 saturated carbocycles. The van der Waals surface area contributed by atoms with Gasteiger partial charge in [-0.1, -0.05) is 18.2 Å². The van der Waals surface area contributed by atoms with Crippen LogP contribution >= 0.6 is 0 Å². The Kier molecular flexibility index (Phi) is 3.85. The van der Waals surface area contributed by atoms with Crippen molar-refractivity contribution in [3.63, 3.8) is 0 Å².